The molecule has 144 valence electrons. The minimum Gasteiger partial charge on any atom is -0.378 e. The van der Waals surface area contributed by atoms with E-state index in [1.165, 1.54) is 0 Å². The number of rotatable bonds is 2. The van der Waals surface area contributed by atoms with Crippen molar-refractivity contribution in [2.75, 3.05) is 32.8 Å². The van der Waals surface area contributed by atoms with E-state index in [2.05, 4.69) is 11.8 Å². The monoisotopic (exact) mass is 370 g/mol. The van der Waals surface area contributed by atoms with Crippen LogP contribution in [0.1, 0.15) is 42.6 Å². The Morgan fingerprint density at radius 1 is 1.22 bits per heavy atom. The van der Waals surface area contributed by atoms with Gasteiger partial charge in [0, 0.05) is 30.8 Å². The van der Waals surface area contributed by atoms with Crippen LogP contribution < -0.4 is 0 Å². The average Bonchev–Trinajstić information content (AvgIpc) is 3.15. The SMILES string of the molecule is CC(C)(O)C#Cc1cccc(C(=O)N2CCC[C@H]2C(=O)N2CCOCC2)c1. The second-order valence-corrected chi connectivity index (χ2v) is 7.48. The van der Waals surface area contributed by atoms with Gasteiger partial charge in [-0.3, -0.25) is 9.59 Å². The maximum Gasteiger partial charge on any atom is 0.254 e. The van der Waals surface area contributed by atoms with E-state index in [9.17, 15) is 14.7 Å². The first-order chi connectivity index (χ1) is 12.8. The number of hydrogen-bond donors (Lipinski definition) is 1. The van der Waals surface area contributed by atoms with Crippen LogP contribution in [0.5, 0.6) is 0 Å². The van der Waals surface area contributed by atoms with E-state index in [4.69, 9.17) is 4.74 Å². The van der Waals surface area contributed by atoms with Crippen molar-refractivity contribution in [1.82, 2.24) is 9.80 Å². The predicted octanol–water partition coefficient (Wildman–Crippen LogP) is 1.27. The molecule has 3 rings (SSSR count). The van der Waals surface area contributed by atoms with Gasteiger partial charge in [0.1, 0.15) is 11.6 Å². The van der Waals surface area contributed by atoms with Crippen LogP contribution >= 0.6 is 0 Å². The molecular weight excluding hydrogens is 344 g/mol. The first kappa shape index (κ1) is 19.4. The predicted molar refractivity (Wildman–Crippen MR) is 101 cm³/mol. The lowest BCUT2D eigenvalue weighted by Crippen LogP contribution is -2.51. The summed E-state index contributed by atoms with van der Waals surface area (Å²) >= 11 is 0. The van der Waals surface area contributed by atoms with Crippen LogP contribution in [0, 0.1) is 11.8 Å². The lowest BCUT2D eigenvalue weighted by molar-refractivity contribution is -0.139. The zero-order valence-electron chi connectivity index (χ0n) is 15.9. The quantitative estimate of drug-likeness (QED) is 0.796. The molecule has 1 aromatic rings. The summed E-state index contributed by atoms with van der Waals surface area (Å²) in [6.45, 7) is 6.07. The molecular formula is C21H26N2O4. The standard InChI is InChI=1S/C21H26N2O4/c1-21(2,26)9-8-16-5-3-6-17(15-16)19(24)23-10-4-7-18(23)20(25)22-11-13-27-14-12-22/h3,5-6,15,18,26H,4,7,10-14H2,1-2H3/t18-/m0/s1. The summed E-state index contributed by atoms with van der Waals surface area (Å²) in [7, 11) is 0. The van der Waals surface area contributed by atoms with Gasteiger partial charge in [0.15, 0.2) is 0 Å². The molecule has 0 aliphatic carbocycles. The fraction of sp³-hybridized carbons (Fsp3) is 0.524. The van der Waals surface area contributed by atoms with E-state index in [-0.39, 0.29) is 11.8 Å². The van der Waals surface area contributed by atoms with Gasteiger partial charge in [0.05, 0.1) is 13.2 Å². The number of morpholine rings is 1. The van der Waals surface area contributed by atoms with Crippen LogP contribution in [-0.2, 0) is 9.53 Å². The molecule has 2 amide bonds. The molecule has 1 aromatic carbocycles. The van der Waals surface area contributed by atoms with Crippen LogP contribution in [0.25, 0.3) is 0 Å². The number of nitrogens with zero attached hydrogens (tertiary/aromatic N) is 2. The van der Waals surface area contributed by atoms with E-state index >= 15 is 0 Å². The van der Waals surface area contributed by atoms with Gasteiger partial charge >= 0.3 is 0 Å². The van der Waals surface area contributed by atoms with Crippen molar-refractivity contribution in [2.24, 2.45) is 0 Å². The molecule has 0 radical (unpaired) electrons. The number of benzene rings is 1. The van der Waals surface area contributed by atoms with Crippen molar-refractivity contribution in [3.63, 3.8) is 0 Å². The number of amides is 2. The zero-order valence-corrected chi connectivity index (χ0v) is 15.9. The first-order valence-corrected chi connectivity index (χ1v) is 9.38. The second kappa shape index (κ2) is 8.12. The molecule has 0 unspecified atom stereocenters. The summed E-state index contributed by atoms with van der Waals surface area (Å²) in [4.78, 5) is 29.4. The van der Waals surface area contributed by atoms with Crippen molar-refractivity contribution in [1.29, 1.82) is 0 Å². The topological polar surface area (TPSA) is 70.1 Å². The summed E-state index contributed by atoms with van der Waals surface area (Å²) in [6, 6.07) is 6.63. The Kier molecular flexibility index (Phi) is 5.83. The van der Waals surface area contributed by atoms with Crippen LogP contribution in [-0.4, -0.2) is 71.2 Å². The molecule has 2 saturated heterocycles. The van der Waals surface area contributed by atoms with Crippen molar-refractivity contribution in [2.45, 2.75) is 38.3 Å². The fourth-order valence-electron chi connectivity index (χ4n) is 3.38. The molecule has 6 heteroatoms. The molecule has 2 fully saturated rings. The zero-order chi connectivity index (χ0) is 19.4. The molecule has 0 spiro atoms. The number of likely N-dealkylation sites (tertiary alicyclic amines) is 1. The summed E-state index contributed by atoms with van der Waals surface area (Å²) < 4.78 is 5.31. The number of aliphatic hydroxyl groups is 1. The molecule has 2 aliphatic heterocycles. The van der Waals surface area contributed by atoms with Gasteiger partial charge in [0.25, 0.3) is 5.91 Å². The molecule has 1 atom stereocenters. The molecule has 2 heterocycles. The maximum atomic E-state index is 13.0. The fourth-order valence-corrected chi connectivity index (χ4v) is 3.38. The van der Waals surface area contributed by atoms with Crippen molar-refractivity contribution >= 4 is 11.8 Å². The Balaban J connectivity index is 1.76. The van der Waals surface area contributed by atoms with Crippen molar-refractivity contribution < 1.29 is 19.4 Å². The van der Waals surface area contributed by atoms with Gasteiger partial charge in [-0.05, 0) is 44.9 Å². The summed E-state index contributed by atoms with van der Waals surface area (Å²) in [5, 5.41) is 9.75. The molecule has 27 heavy (non-hydrogen) atoms. The van der Waals surface area contributed by atoms with Crippen LogP contribution in [0.2, 0.25) is 0 Å². The third-order valence-corrected chi connectivity index (χ3v) is 4.74. The van der Waals surface area contributed by atoms with Crippen LogP contribution in [0.4, 0.5) is 0 Å². The van der Waals surface area contributed by atoms with Gasteiger partial charge in [-0.15, -0.1) is 0 Å². The average molecular weight is 370 g/mol. The van der Waals surface area contributed by atoms with Crippen LogP contribution in [0.3, 0.4) is 0 Å². The Labute approximate surface area is 160 Å². The number of ether oxygens (including phenoxy) is 1. The molecule has 0 bridgehead atoms. The highest BCUT2D eigenvalue weighted by atomic mass is 16.5. The van der Waals surface area contributed by atoms with E-state index < -0.39 is 11.6 Å². The van der Waals surface area contributed by atoms with Crippen molar-refractivity contribution in [3.05, 3.63) is 35.4 Å². The summed E-state index contributed by atoms with van der Waals surface area (Å²) in [5.41, 5.74) is 0.0856. The molecule has 2 aliphatic rings. The number of carbonyl (C=O) groups excluding carboxylic acids is 2. The van der Waals surface area contributed by atoms with E-state index in [1.807, 2.05) is 0 Å². The maximum absolute atomic E-state index is 13.0. The minimum absolute atomic E-state index is 0.0159. The van der Waals surface area contributed by atoms with E-state index in [0.717, 1.165) is 6.42 Å². The van der Waals surface area contributed by atoms with Crippen molar-refractivity contribution in [3.8, 4) is 11.8 Å². The highest BCUT2D eigenvalue weighted by molar-refractivity contribution is 5.98. The smallest absolute Gasteiger partial charge is 0.254 e. The van der Waals surface area contributed by atoms with E-state index in [1.54, 1.807) is 47.9 Å². The Morgan fingerprint density at radius 3 is 2.67 bits per heavy atom. The van der Waals surface area contributed by atoms with Gasteiger partial charge in [0.2, 0.25) is 5.91 Å². The molecule has 0 saturated carbocycles. The lowest BCUT2D eigenvalue weighted by Gasteiger charge is -2.32. The van der Waals surface area contributed by atoms with Gasteiger partial charge in [-0.25, -0.2) is 0 Å². The third kappa shape index (κ3) is 4.88. The highest BCUT2D eigenvalue weighted by Gasteiger charge is 2.37. The number of carbonyl (C=O) groups is 2. The first-order valence-electron chi connectivity index (χ1n) is 9.38. The number of hydrogen-bond acceptors (Lipinski definition) is 4. The molecule has 0 aromatic heterocycles. The van der Waals surface area contributed by atoms with Gasteiger partial charge in [-0.2, -0.15) is 0 Å². The molecule has 6 nitrogen and oxygen atoms in total. The normalized spacial score (nSPS) is 20.2. The Morgan fingerprint density at radius 2 is 1.96 bits per heavy atom. The van der Waals surface area contributed by atoms with Gasteiger partial charge < -0.3 is 19.6 Å². The Bertz CT molecular complexity index is 766. The molecule has 1 N–H and O–H groups in total. The Hall–Kier alpha value is -2.36. The minimum atomic E-state index is -1.09. The van der Waals surface area contributed by atoms with Gasteiger partial charge in [-0.1, -0.05) is 17.9 Å². The lowest BCUT2D eigenvalue weighted by atomic mass is 10.1. The highest BCUT2D eigenvalue weighted by Crippen LogP contribution is 2.23. The summed E-state index contributed by atoms with van der Waals surface area (Å²) in [5.74, 6) is 5.52. The third-order valence-electron chi connectivity index (χ3n) is 4.74. The largest absolute Gasteiger partial charge is 0.378 e. The summed E-state index contributed by atoms with van der Waals surface area (Å²) in [6.07, 6.45) is 1.52. The second-order valence-electron chi connectivity index (χ2n) is 7.48. The van der Waals surface area contributed by atoms with E-state index in [0.29, 0.717) is 50.4 Å². The van der Waals surface area contributed by atoms with Crippen LogP contribution in [0.15, 0.2) is 24.3 Å².